The van der Waals surface area contributed by atoms with E-state index in [1.54, 1.807) is 49.6 Å². The molecule has 2 aliphatic carbocycles. The van der Waals surface area contributed by atoms with Crippen molar-refractivity contribution in [3.8, 4) is 11.5 Å². The Hall–Kier alpha value is -3.58. The Balaban J connectivity index is 1.35. The molecule has 5 rings (SSSR count). The van der Waals surface area contributed by atoms with E-state index in [4.69, 9.17) is 25.8 Å². The van der Waals surface area contributed by atoms with E-state index in [0.29, 0.717) is 70.6 Å². The van der Waals surface area contributed by atoms with Crippen molar-refractivity contribution in [1.29, 1.82) is 0 Å². The van der Waals surface area contributed by atoms with Gasteiger partial charge in [-0.05, 0) is 54.8 Å². The van der Waals surface area contributed by atoms with Crippen molar-refractivity contribution in [3.63, 3.8) is 0 Å². The first-order valence-corrected chi connectivity index (χ1v) is 12.4. The number of hydrogen-bond acceptors (Lipinski definition) is 6. The molecule has 8 heteroatoms. The normalized spacial score (nSPS) is 17.8. The third-order valence-electron chi connectivity index (χ3n) is 6.66. The lowest BCUT2D eigenvalue weighted by atomic mass is 9.73. The Labute approximate surface area is 214 Å². The van der Waals surface area contributed by atoms with E-state index in [-0.39, 0.29) is 24.1 Å². The molecule has 2 aromatic carbocycles. The predicted molar refractivity (Wildman–Crippen MR) is 134 cm³/mol. The molecule has 0 radical (unpaired) electrons. The minimum atomic E-state index is -0.491. The van der Waals surface area contributed by atoms with Crippen molar-refractivity contribution < 1.29 is 28.6 Å². The summed E-state index contributed by atoms with van der Waals surface area (Å²) in [7, 11) is 1.57. The van der Waals surface area contributed by atoms with E-state index in [1.807, 2.05) is 0 Å². The van der Waals surface area contributed by atoms with E-state index in [1.165, 1.54) is 0 Å². The summed E-state index contributed by atoms with van der Waals surface area (Å²) in [6, 6.07) is 12.2. The van der Waals surface area contributed by atoms with Gasteiger partial charge in [0.25, 0.3) is 5.91 Å². The first kappa shape index (κ1) is 24.1. The number of carbonyl (C=O) groups is 3. The van der Waals surface area contributed by atoms with Gasteiger partial charge in [-0.15, -0.1) is 0 Å². The number of hydrogen-bond donors (Lipinski definition) is 1. The van der Waals surface area contributed by atoms with Crippen molar-refractivity contribution >= 4 is 34.8 Å². The summed E-state index contributed by atoms with van der Waals surface area (Å²) in [4.78, 5) is 38.2. The molecule has 0 aromatic heterocycles. The number of benzene rings is 2. The highest BCUT2D eigenvalue weighted by Gasteiger charge is 2.41. The number of Topliss-reactive ketones (excluding diaryl/α,β-unsaturated/α-hetero) is 2. The van der Waals surface area contributed by atoms with Gasteiger partial charge in [-0.1, -0.05) is 17.7 Å². The molecule has 1 heterocycles. The maximum Gasteiger partial charge on any atom is 0.262 e. The summed E-state index contributed by atoms with van der Waals surface area (Å²) in [5.74, 6) is 1.58. The second kappa shape index (κ2) is 10.2. The molecule has 0 saturated heterocycles. The van der Waals surface area contributed by atoms with Crippen LogP contribution in [0.4, 0.5) is 5.69 Å². The number of halogens is 1. The largest absolute Gasteiger partial charge is 0.497 e. The van der Waals surface area contributed by atoms with E-state index < -0.39 is 5.92 Å². The summed E-state index contributed by atoms with van der Waals surface area (Å²) < 4.78 is 16.9. The van der Waals surface area contributed by atoms with Crippen molar-refractivity contribution in [2.45, 2.75) is 44.4 Å². The molecule has 1 amide bonds. The molecule has 0 fully saturated rings. The second-order valence-corrected chi connectivity index (χ2v) is 9.42. The highest BCUT2D eigenvalue weighted by molar-refractivity contribution is 6.32. The lowest BCUT2D eigenvalue weighted by Gasteiger charge is -2.36. The van der Waals surface area contributed by atoms with Gasteiger partial charge in [0, 0.05) is 48.4 Å². The van der Waals surface area contributed by atoms with Crippen LogP contribution in [0.25, 0.3) is 0 Å². The maximum absolute atomic E-state index is 12.9. The third kappa shape index (κ3) is 4.75. The van der Waals surface area contributed by atoms with Crippen LogP contribution in [0.1, 0.15) is 50.0 Å². The van der Waals surface area contributed by atoms with E-state index in [9.17, 15) is 14.4 Å². The summed E-state index contributed by atoms with van der Waals surface area (Å²) in [6.07, 6.45) is 3.73. The van der Waals surface area contributed by atoms with Gasteiger partial charge in [0.2, 0.25) is 0 Å². The number of amides is 1. The number of nitrogens with one attached hydrogen (secondary N) is 1. The minimum absolute atomic E-state index is 0.0119. The fraction of sp³-hybridized carbons (Fsp3) is 0.321. The SMILES string of the molecule is COc1ccc(NC(=O)COc2ccc(C3C4=C(CCCC4=O)OC4=C3C(=O)CCC4)cc2Cl)cc1. The van der Waals surface area contributed by atoms with Crippen LogP contribution in [0.3, 0.4) is 0 Å². The van der Waals surface area contributed by atoms with Gasteiger partial charge in [0.05, 0.1) is 12.1 Å². The molecule has 2 aromatic rings. The van der Waals surface area contributed by atoms with Crippen LogP contribution in [0.15, 0.2) is 65.1 Å². The van der Waals surface area contributed by atoms with Gasteiger partial charge in [-0.3, -0.25) is 14.4 Å². The van der Waals surface area contributed by atoms with Crippen LogP contribution in [-0.4, -0.2) is 31.2 Å². The van der Waals surface area contributed by atoms with Crippen LogP contribution in [-0.2, 0) is 19.1 Å². The quantitative estimate of drug-likeness (QED) is 0.555. The average molecular weight is 508 g/mol. The molecule has 0 atom stereocenters. The van der Waals surface area contributed by atoms with Gasteiger partial charge in [0.1, 0.15) is 23.0 Å². The van der Waals surface area contributed by atoms with E-state index >= 15 is 0 Å². The highest BCUT2D eigenvalue weighted by Crippen LogP contribution is 2.48. The second-order valence-electron chi connectivity index (χ2n) is 9.02. The first-order valence-electron chi connectivity index (χ1n) is 12.0. The van der Waals surface area contributed by atoms with Crippen LogP contribution in [0.2, 0.25) is 5.02 Å². The first-order chi connectivity index (χ1) is 17.4. The average Bonchev–Trinajstić information content (AvgIpc) is 2.87. The van der Waals surface area contributed by atoms with Crippen LogP contribution >= 0.6 is 11.6 Å². The van der Waals surface area contributed by atoms with Crippen LogP contribution < -0.4 is 14.8 Å². The van der Waals surface area contributed by atoms with E-state index in [2.05, 4.69) is 5.32 Å². The molecule has 3 aliphatic rings. The van der Waals surface area contributed by atoms with Crippen molar-refractivity contribution in [1.82, 2.24) is 0 Å². The topological polar surface area (TPSA) is 90.9 Å². The van der Waals surface area contributed by atoms with E-state index in [0.717, 1.165) is 18.4 Å². The Morgan fingerprint density at radius 2 is 1.61 bits per heavy atom. The zero-order valence-electron chi connectivity index (χ0n) is 19.9. The highest BCUT2D eigenvalue weighted by atomic mass is 35.5. The summed E-state index contributed by atoms with van der Waals surface area (Å²) in [6.45, 7) is -0.232. The molecule has 0 bridgehead atoms. The molecule has 186 valence electrons. The van der Waals surface area contributed by atoms with Gasteiger partial charge in [-0.25, -0.2) is 0 Å². The lowest BCUT2D eigenvalue weighted by Crippen LogP contribution is -2.30. The fourth-order valence-corrected chi connectivity index (χ4v) is 5.22. The van der Waals surface area contributed by atoms with Gasteiger partial charge in [-0.2, -0.15) is 0 Å². The van der Waals surface area contributed by atoms with Gasteiger partial charge >= 0.3 is 0 Å². The van der Waals surface area contributed by atoms with Crippen molar-refractivity contribution in [3.05, 3.63) is 75.7 Å². The Morgan fingerprint density at radius 1 is 0.972 bits per heavy atom. The number of ether oxygens (including phenoxy) is 3. The van der Waals surface area contributed by atoms with Gasteiger partial charge in [0.15, 0.2) is 18.2 Å². The predicted octanol–water partition coefficient (Wildman–Crippen LogP) is 5.49. The maximum atomic E-state index is 12.9. The summed E-state index contributed by atoms with van der Waals surface area (Å²) in [5.41, 5.74) is 2.49. The minimum Gasteiger partial charge on any atom is -0.497 e. The summed E-state index contributed by atoms with van der Waals surface area (Å²) >= 11 is 6.54. The number of carbonyl (C=O) groups excluding carboxylic acids is 3. The van der Waals surface area contributed by atoms with Crippen molar-refractivity contribution in [2.24, 2.45) is 0 Å². The molecule has 36 heavy (non-hydrogen) atoms. The van der Waals surface area contributed by atoms with Crippen LogP contribution in [0, 0.1) is 0 Å². The molecule has 0 spiro atoms. The molecule has 1 N–H and O–H groups in total. The number of anilines is 1. The Morgan fingerprint density at radius 3 is 2.19 bits per heavy atom. The number of methoxy groups -OCH3 is 1. The third-order valence-corrected chi connectivity index (χ3v) is 6.96. The smallest absolute Gasteiger partial charge is 0.262 e. The fourth-order valence-electron chi connectivity index (χ4n) is 4.98. The molecule has 0 saturated carbocycles. The Kier molecular flexibility index (Phi) is 6.83. The van der Waals surface area contributed by atoms with Crippen LogP contribution in [0.5, 0.6) is 11.5 Å². The standard InChI is InChI=1S/C28H26ClNO6/c1-34-18-11-9-17(10-12-18)30-25(33)15-35-22-13-8-16(14-19(22)29)26-27-20(31)4-2-6-23(27)36-24-7-3-5-21(32)28(24)26/h8-14,26H,2-7,15H2,1H3,(H,30,33). The Bertz CT molecular complexity index is 1250. The lowest BCUT2D eigenvalue weighted by molar-refractivity contribution is -0.119. The number of allylic oxidation sites excluding steroid dienone is 4. The number of rotatable bonds is 6. The molecule has 1 aliphatic heterocycles. The zero-order valence-corrected chi connectivity index (χ0v) is 20.7. The molecular weight excluding hydrogens is 482 g/mol. The van der Waals surface area contributed by atoms with Crippen molar-refractivity contribution in [2.75, 3.05) is 19.0 Å². The zero-order chi connectivity index (χ0) is 25.2. The number of ketones is 2. The molecule has 7 nitrogen and oxygen atoms in total. The van der Waals surface area contributed by atoms with Gasteiger partial charge < -0.3 is 19.5 Å². The monoisotopic (exact) mass is 507 g/mol. The molecular formula is C28H26ClNO6. The summed E-state index contributed by atoms with van der Waals surface area (Å²) in [5, 5.41) is 3.05. The molecule has 0 unspecified atom stereocenters.